The van der Waals surface area contributed by atoms with E-state index in [9.17, 15) is 4.79 Å². The summed E-state index contributed by atoms with van der Waals surface area (Å²) in [5, 5.41) is 1.24. The van der Waals surface area contributed by atoms with Crippen LogP contribution in [0.25, 0.3) is 6.08 Å². The van der Waals surface area contributed by atoms with Gasteiger partial charge in [-0.05, 0) is 59.7 Å². The van der Waals surface area contributed by atoms with Gasteiger partial charge in [0, 0.05) is 10.0 Å². The molecule has 1 aliphatic rings. The average molecular weight is 472 g/mol. The molecule has 4 rings (SSSR count). The Kier molecular flexibility index (Phi) is 6.44. The van der Waals surface area contributed by atoms with Crippen LogP contribution in [0.3, 0.4) is 0 Å². The fourth-order valence-electron chi connectivity index (χ4n) is 2.90. The molecule has 1 heterocycles. The van der Waals surface area contributed by atoms with E-state index < -0.39 is 0 Å². The fourth-order valence-corrected chi connectivity index (χ4v) is 4.51. The minimum atomic E-state index is -0.167. The first-order chi connectivity index (χ1) is 14.5. The van der Waals surface area contributed by atoms with Crippen LogP contribution in [0.4, 0.5) is 5.69 Å². The van der Waals surface area contributed by atoms with Gasteiger partial charge in [0.25, 0.3) is 5.91 Å². The van der Waals surface area contributed by atoms with Gasteiger partial charge in [0.05, 0.1) is 10.6 Å². The third-order valence-electron chi connectivity index (χ3n) is 4.33. The van der Waals surface area contributed by atoms with Crippen molar-refractivity contribution in [3.63, 3.8) is 0 Å². The van der Waals surface area contributed by atoms with Gasteiger partial charge in [-0.1, -0.05) is 77.5 Å². The number of ether oxygens (including phenoxy) is 1. The lowest BCUT2D eigenvalue weighted by Crippen LogP contribution is -2.27. The lowest BCUT2D eigenvalue weighted by atomic mass is 10.2. The second-order valence-corrected chi connectivity index (χ2v) is 9.03. The second kappa shape index (κ2) is 9.23. The number of rotatable bonds is 5. The summed E-state index contributed by atoms with van der Waals surface area (Å²) in [7, 11) is 0. The van der Waals surface area contributed by atoms with Crippen LogP contribution in [0.1, 0.15) is 11.1 Å². The highest BCUT2D eigenvalue weighted by atomic mass is 35.5. The number of carbonyl (C=O) groups is 1. The highest BCUT2D eigenvalue weighted by molar-refractivity contribution is 8.27. The van der Waals surface area contributed by atoms with Gasteiger partial charge < -0.3 is 4.74 Å². The molecule has 0 bridgehead atoms. The van der Waals surface area contributed by atoms with E-state index in [1.54, 1.807) is 18.2 Å². The third-order valence-corrected chi connectivity index (χ3v) is 6.12. The van der Waals surface area contributed by atoms with E-state index >= 15 is 0 Å². The van der Waals surface area contributed by atoms with Crippen molar-refractivity contribution in [3.8, 4) is 5.75 Å². The first kappa shape index (κ1) is 20.9. The van der Waals surface area contributed by atoms with E-state index in [0.717, 1.165) is 11.1 Å². The zero-order valence-corrected chi connectivity index (χ0v) is 18.7. The third kappa shape index (κ3) is 4.87. The molecule has 0 radical (unpaired) electrons. The molecule has 3 aromatic carbocycles. The number of hydrogen-bond acceptors (Lipinski definition) is 4. The summed E-state index contributed by atoms with van der Waals surface area (Å²) in [4.78, 5) is 15.0. The van der Waals surface area contributed by atoms with Crippen molar-refractivity contribution in [1.82, 2.24) is 0 Å². The molecule has 0 spiro atoms. The zero-order valence-electron chi connectivity index (χ0n) is 15.5. The Morgan fingerprint density at radius 3 is 2.50 bits per heavy atom. The number of thioether (sulfide) groups is 1. The highest BCUT2D eigenvalue weighted by Crippen LogP contribution is 2.37. The summed E-state index contributed by atoms with van der Waals surface area (Å²) in [5.41, 5.74) is 2.54. The van der Waals surface area contributed by atoms with Gasteiger partial charge in [-0.15, -0.1) is 0 Å². The molecular weight excluding hydrogens is 457 g/mol. The first-order valence-electron chi connectivity index (χ1n) is 9.00. The number of nitrogens with zero attached hydrogens (tertiary/aromatic N) is 1. The summed E-state index contributed by atoms with van der Waals surface area (Å²) in [6.45, 7) is 0.428. The van der Waals surface area contributed by atoms with Gasteiger partial charge in [0.1, 0.15) is 12.4 Å². The minimum Gasteiger partial charge on any atom is -0.489 e. The molecule has 1 aliphatic heterocycles. The molecule has 30 heavy (non-hydrogen) atoms. The van der Waals surface area contributed by atoms with E-state index in [-0.39, 0.29) is 5.91 Å². The molecular formula is C23H15Cl2NO2S2. The Morgan fingerprint density at radius 2 is 1.73 bits per heavy atom. The SMILES string of the molecule is O=C1/C(=C/c2cccc(OCc3ccc(Cl)cc3)c2)SC(=S)N1c1cccc(Cl)c1. The summed E-state index contributed by atoms with van der Waals surface area (Å²) in [6, 6.07) is 22.2. The van der Waals surface area contributed by atoms with Crippen LogP contribution in [-0.4, -0.2) is 10.2 Å². The summed E-state index contributed by atoms with van der Waals surface area (Å²) < 4.78 is 6.35. The van der Waals surface area contributed by atoms with E-state index in [0.29, 0.717) is 37.3 Å². The number of hydrogen-bond donors (Lipinski definition) is 0. The number of carbonyl (C=O) groups excluding carboxylic acids is 1. The summed E-state index contributed by atoms with van der Waals surface area (Å²) in [6.07, 6.45) is 1.82. The van der Waals surface area contributed by atoms with Crippen LogP contribution in [-0.2, 0) is 11.4 Å². The molecule has 0 saturated carbocycles. The molecule has 150 valence electrons. The normalized spacial score (nSPS) is 15.1. The van der Waals surface area contributed by atoms with Gasteiger partial charge in [-0.3, -0.25) is 9.69 Å². The fraction of sp³-hybridized carbons (Fsp3) is 0.0435. The van der Waals surface area contributed by atoms with E-state index in [1.807, 2.05) is 60.7 Å². The molecule has 1 fully saturated rings. The topological polar surface area (TPSA) is 29.5 Å². The number of anilines is 1. The Balaban J connectivity index is 1.50. The van der Waals surface area contributed by atoms with Crippen molar-refractivity contribution < 1.29 is 9.53 Å². The maximum Gasteiger partial charge on any atom is 0.270 e. The van der Waals surface area contributed by atoms with Gasteiger partial charge in [0.2, 0.25) is 0 Å². The predicted octanol–water partition coefficient (Wildman–Crippen LogP) is 6.98. The molecule has 3 aromatic rings. The monoisotopic (exact) mass is 471 g/mol. The van der Waals surface area contributed by atoms with Crippen LogP contribution in [0.2, 0.25) is 10.0 Å². The lowest BCUT2D eigenvalue weighted by molar-refractivity contribution is -0.113. The van der Waals surface area contributed by atoms with Crippen molar-refractivity contribution in [2.24, 2.45) is 0 Å². The Labute approximate surface area is 194 Å². The molecule has 1 amide bonds. The lowest BCUT2D eigenvalue weighted by Gasteiger charge is -2.14. The minimum absolute atomic E-state index is 0.167. The van der Waals surface area contributed by atoms with Gasteiger partial charge >= 0.3 is 0 Å². The molecule has 0 unspecified atom stereocenters. The van der Waals surface area contributed by atoms with Crippen LogP contribution < -0.4 is 9.64 Å². The number of amides is 1. The number of halogens is 2. The molecule has 0 N–H and O–H groups in total. The van der Waals surface area contributed by atoms with Crippen molar-refractivity contribution in [1.29, 1.82) is 0 Å². The molecule has 7 heteroatoms. The van der Waals surface area contributed by atoms with Crippen LogP contribution in [0.15, 0.2) is 77.7 Å². The molecule has 0 aromatic heterocycles. The largest absolute Gasteiger partial charge is 0.489 e. The Hall–Kier alpha value is -2.31. The van der Waals surface area contributed by atoms with Crippen molar-refractivity contribution in [2.45, 2.75) is 6.61 Å². The quantitative estimate of drug-likeness (QED) is 0.296. The van der Waals surface area contributed by atoms with Crippen LogP contribution in [0.5, 0.6) is 5.75 Å². The van der Waals surface area contributed by atoms with E-state index in [1.165, 1.54) is 16.7 Å². The average Bonchev–Trinajstić information content (AvgIpc) is 3.01. The van der Waals surface area contributed by atoms with Gasteiger partial charge in [0.15, 0.2) is 4.32 Å². The zero-order chi connectivity index (χ0) is 21.1. The van der Waals surface area contributed by atoms with Crippen molar-refractivity contribution in [3.05, 3.63) is 98.9 Å². The predicted molar refractivity (Wildman–Crippen MR) is 129 cm³/mol. The first-order valence-corrected chi connectivity index (χ1v) is 11.0. The highest BCUT2D eigenvalue weighted by Gasteiger charge is 2.33. The van der Waals surface area contributed by atoms with E-state index in [4.69, 9.17) is 40.2 Å². The number of benzene rings is 3. The maximum absolute atomic E-state index is 12.9. The van der Waals surface area contributed by atoms with Gasteiger partial charge in [-0.25, -0.2) is 0 Å². The molecule has 0 atom stereocenters. The number of thiocarbonyl (C=S) groups is 1. The standard InChI is InChI=1S/C23H15Cl2NO2S2/c24-17-9-7-15(8-10-17)14-28-20-6-1-3-16(11-20)12-21-22(27)26(23(29)30-21)19-5-2-4-18(25)13-19/h1-13H,14H2/b21-12-. The Morgan fingerprint density at radius 1 is 0.967 bits per heavy atom. The summed E-state index contributed by atoms with van der Waals surface area (Å²) in [5.74, 6) is 0.545. The smallest absolute Gasteiger partial charge is 0.270 e. The van der Waals surface area contributed by atoms with Crippen molar-refractivity contribution in [2.75, 3.05) is 4.90 Å². The maximum atomic E-state index is 12.9. The van der Waals surface area contributed by atoms with Gasteiger partial charge in [-0.2, -0.15) is 0 Å². The summed E-state index contributed by atoms with van der Waals surface area (Å²) >= 11 is 18.7. The second-order valence-electron chi connectivity index (χ2n) is 6.48. The van der Waals surface area contributed by atoms with E-state index in [2.05, 4.69) is 0 Å². The molecule has 1 saturated heterocycles. The van der Waals surface area contributed by atoms with Crippen LogP contribution in [0, 0.1) is 0 Å². The van der Waals surface area contributed by atoms with Crippen LogP contribution >= 0.6 is 47.2 Å². The Bertz CT molecular complexity index is 1150. The molecule has 0 aliphatic carbocycles. The van der Waals surface area contributed by atoms with Crippen molar-refractivity contribution >= 4 is 69.2 Å². The molecule has 3 nitrogen and oxygen atoms in total.